The Morgan fingerprint density at radius 1 is 1.33 bits per heavy atom. The van der Waals surface area contributed by atoms with E-state index < -0.39 is 4.92 Å². The highest BCUT2D eigenvalue weighted by Crippen LogP contribution is 2.41. The molecule has 21 heavy (non-hydrogen) atoms. The number of thiophene rings is 1. The van der Waals surface area contributed by atoms with Crippen LogP contribution in [0.2, 0.25) is 0 Å². The molecule has 2 N–H and O–H groups in total. The molecule has 3 aromatic rings. The summed E-state index contributed by atoms with van der Waals surface area (Å²) in [4.78, 5) is 11.0. The first kappa shape index (κ1) is 13.8. The largest absolute Gasteiger partial charge is 0.367 e. The Morgan fingerprint density at radius 3 is 2.81 bits per heavy atom. The number of nitrogens with zero attached hydrogens (tertiary/aromatic N) is 2. The van der Waals surface area contributed by atoms with E-state index in [0.29, 0.717) is 16.1 Å². The fourth-order valence-corrected chi connectivity index (χ4v) is 3.15. The second-order valence-corrected chi connectivity index (χ2v) is 6.15. The van der Waals surface area contributed by atoms with Gasteiger partial charge in [-0.2, -0.15) is 0 Å². The van der Waals surface area contributed by atoms with Crippen molar-refractivity contribution in [1.29, 1.82) is 0 Å². The highest BCUT2D eigenvalue weighted by Gasteiger charge is 2.21. The first-order valence-electron chi connectivity index (χ1n) is 5.82. The Balaban J connectivity index is 2.14. The highest BCUT2D eigenvalue weighted by molar-refractivity contribution is 9.10. The summed E-state index contributed by atoms with van der Waals surface area (Å²) in [7, 11) is 0. The monoisotopic (exact) mass is 365 g/mol. The van der Waals surface area contributed by atoms with Gasteiger partial charge in [-0.1, -0.05) is 44.6 Å². The van der Waals surface area contributed by atoms with E-state index in [1.165, 1.54) is 6.07 Å². The van der Waals surface area contributed by atoms with E-state index in [0.717, 1.165) is 21.4 Å². The Bertz CT molecular complexity index is 828. The lowest BCUT2D eigenvalue weighted by Crippen LogP contribution is -1.86. The van der Waals surface area contributed by atoms with E-state index in [4.69, 9.17) is 10.3 Å². The van der Waals surface area contributed by atoms with Crippen LogP contribution in [0.3, 0.4) is 0 Å². The SMILES string of the molecule is Nc1onc(-c2ccc([N+](=O)[O-])s2)c1-c1cccc(Br)c1. The number of aromatic nitrogens is 1. The predicted octanol–water partition coefficient (Wildman–Crippen LogP) is 4.32. The summed E-state index contributed by atoms with van der Waals surface area (Å²) in [6.45, 7) is 0. The summed E-state index contributed by atoms with van der Waals surface area (Å²) >= 11 is 4.43. The number of nitrogen functional groups attached to an aromatic ring is 1. The van der Waals surface area contributed by atoms with Crippen LogP contribution in [0.4, 0.5) is 10.9 Å². The smallest absolute Gasteiger partial charge is 0.324 e. The van der Waals surface area contributed by atoms with Gasteiger partial charge in [0.15, 0.2) is 0 Å². The fraction of sp³-hybridized carbons (Fsp3) is 0. The number of anilines is 1. The lowest BCUT2D eigenvalue weighted by molar-refractivity contribution is -0.380. The zero-order chi connectivity index (χ0) is 15.0. The molecule has 0 aliphatic rings. The van der Waals surface area contributed by atoms with Crippen LogP contribution < -0.4 is 5.73 Å². The van der Waals surface area contributed by atoms with Crippen LogP contribution in [0.15, 0.2) is 45.4 Å². The molecule has 0 atom stereocenters. The normalized spacial score (nSPS) is 10.7. The van der Waals surface area contributed by atoms with Gasteiger partial charge in [-0.25, -0.2) is 0 Å². The van der Waals surface area contributed by atoms with E-state index in [9.17, 15) is 10.1 Å². The first-order valence-corrected chi connectivity index (χ1v) is 7.43. The van der Waals surface area contributed by atoms with E-state index in [2.05, 4.69) is 21.1 Å². The molecule has 0 spiro atoms. The third kappa shape index (κ3) is 2.55. The van der Waals surface area contributed by atoms with Crippen LogP contribution in [0.1, 0.15) is 0 Å². The summed E-state index contributed by atoms with van der Waals surface area (Å²) in [6.07, 6.45) is 0. The summed E-state index contributed by atoms with van der Waals surface area (Å²) < 4.78 is 5.96. The molecular weight excluding hydrogens is 358 g/mol. The van der Waals surface area contributed by atoms with Crippen molar-refractivity contribution in [2.24, 2.45) is 0 Å². The maximum Gasteiger partial charge on any atom is 0.324 e. The Labute approximate surface area is 131 Å². The van der Waals surface area contributed by atoms with Crippen molar-refractivity contribution in [3.8, 4) is 21.7 Å². The Kier molecular flexibility index (Phi) is 3.48. The summed E-state index contributed by atoms with van der Waals surface area (Å²) in [5.41, 5.74) is 7.82. The number of hydrogen-bond acceptors (Lipinski definition) is 6. The fourth-order valence-electron chi connectivity index (χ4n) is 1.95. The van der Waals surface area contributed by atoms with Gasteiger partial charge < -0.3 is 10.3 Å². The van der Waals surface area contributed by atoms with Gasteiger partial charge >= 0.3 is 5.00 Å². The molecule has 2 heterocycles. The van der Waals surface area contributed by atoms with E-state index in [1.807, 2.05) is 24.3 Å². The van der Waals surface area contributed by atoms with E-state index >= 15 is 0 Å². The minimum Gasteiger partial charge on any atom is -0.367 e. The maximum absolute atomic E-state index is 10.8. The zero-order valence-corrected chi connectivity index (χ0v) is 12.8. The minimum absolute atomic E-state index is 0.0479. The van der Waals surface area contributed by atoms with E-state index in [1.54, 1.807) is 6.07 Å². The van der Waals surface area contributed by atoms with Crippen LogP contribution >= 0.6 is 27.3 Å². The third-order valence-electron chi connectivity index (χ3n) is 2.84. The number of hydrogen-bond donors (Lipinski definition) is 1. The molecule has 8 heteroatoms. The van der Waals surface area contributed by atoms with Crippen molar-refractivity contribution in [1.82, 2.24) is 5.16 Å². The van der Waals surface area contributed by atoms with Crippen molar-refractivity contribution in [2.75, 3.05) is 5.73 Å². The topological polar surface area (TPSA) is 95.2 Å². The molecule has 1 aromatic carbocycles. The average molecular weight is 366 g/mol. The van der Waals surface area contributed by atoms with Crippen molar-refractivity contribution in [2.45, 2.75) is 0 Å². The molecule has 0 bridgehead atoms. The van der Waals surface area contributed by atoms with Crippen molar-refractivity contribution in [3.63, 3.8) is 0 Å². The Morgan fingerprint density at radius 2 is 2.14 bits per heavy atom. The molecule has 0 aliphatic carbocycles. The number of nitrogens with two attached hydrogens (primary N) is 1. The minimum atomic E-state index is -0.434. The molecule has 0 saturated heterocycles. The molecule has 0 aliphatic heterocycles. The third-order valence-corrected chi connectivity index (χ3v) is 4.37. The first-order chi connectivity index (χ1) is 10.1. The van der Waals surface area contributed by atoms with Crippen molar-refractivity contribution < 1.29 is 9.45 Å². The van der Waals surface area contributed by atoms with Gasteiger partial charge in [0.2, 0.25) is 5.88 Å². The predicted molar refractivity (Wildman–Crippen MR) is 84.0 cm³/mol. The van der Waals surface area contributed by atoms with Crippen LogP contribution in [-0.4, -0.2) is 10.1 Å². The van der Waals surface area contributed by atoms with Crippen LogP contribution in [0, 0.1) is 10.1 Å². The molecule has 0 amide bonds. The van der Waals surface area contributed by atoms with Gasteiger partial charge in [0.25, 0.3) is 0 Å². The van der Waals surface area contributed by atoms with Gasteiger partial charge in [0, 0.05) is 10.5 Å². The highest BCUT2D eigenvalue weighted by atomic mass is 79.9. The lowest BCUT2D eigenvalue weighted by atomic mass is 10.1. The van der Waals surface area contributed by atoms with Gasteiger partial charge in [0.05, 0.1) is 15.4 Å². The number of rotatable bonds is 3. The van der Waals surface area contributed by atoms with Gasteiger partial charge in [-0.15, -0.1) is 0 Å². The number of nitro groups is 1. The van der Waals surface area contributed by atoms with Crippen LogP contribution in [0.5, 0.6) is 0 Å². The quantitative estimate of drug-likeness (QED) is 0.550. The standard InChI is InChI=1S/C13H8BrN3O3S/c14-8-3-1-2-7(6-8)11-12(16-20-13(11)15)9-4-5-10(21-9)17(18)19/h1-6H,15H2. The number of halogens is 1. The molecule has 106 valence electrons. The molecule has 6 nitrogen and oxygen atoms in total. The number of benzene rings is 1. The van der Waals surface area contributed by atoms with Crippen molar-refractivity contribution >= 4 is 38.2 Å². The average Bonchev–Trinajstić information content (AvgIpc) is 3.05. The van der Waals surface area contributed by atoms with Crippen LogP contribution in [-0.2, 0) is 0 Å². The van der Waals surface area contributed by atoms with E-state index in [-0.39, 0.29) is 10.9 Å². The van der Waals surface area contributed by atoms with Gasteiger partial charge in [-0.05, 0) is 23.8 Å². The Hall–Kier alpha value is -2.19. The molecule has 0 saturated carbocycles. The van der Waals surface area contributed by atoms with Gasteiger partial charge in [0.1, 0.15) is 5.69 Å². The zero-order valence-electron chi connectivity index (χ0n) is 10.4. The van der Waals surface area contributed by atoms with Crippen molar-refractivity contribution in [3.05, 3.63) is 51.0 Å². The molecule has 0 radical (unpaired) electrons. The molecule has 3 rings (SSSR count). The second-order valence-electron chi connectivity index (χ2n) is 4.18. The lowest BCUT2D eigenvalue weighted by Gasteiger charge is -2.01. The maximum atomic E-state index is 10.8. The molecule has 2 aromatic heterocycles. The summed E-state index contributed by atoms with van der Waals surface area (Å²) in [6, 6.07) is 10.6. The second kappa shape index (κ2) is 5.30. The molecule has 0 unspecified atom stereocenters. The van der Waals surface area contributed by atoms with Crippen LogP contribution in [0.25, 0.3) is 21.7 Å². The van der Waals surface area contributed by atoms with Gasteiger partial charge in [-0.3, -0.25) is 10.1 Å². The summed E-state index contributed by atoms with van der Waals surface area (Å²) in [5, 5.41) is 14.8. The molecule has 0 fully saturated rings. The summed E-state index contributed by atoms with van der Waals surface area (Å²) in [5.74, 6) is 0.180. The molecular formula is C13H8BrN3O3S.